The van der Waals surface area contributed by atoms with Gasteiger partial charge in [0, 0.05) is 25.8 Å². The number of ether oxygens (including phenoxy) is 1. The Bertz CT molecular complexity index is 703. The zero-order chi connectivity index (χ0) is 16.9. The first-order valence-electron chi connectivity index (χ1n) is 7.90. The normalized spacial score (nSPS) is 16.9. The Morgan fingerprint density at radius 3 is 2.67 bits per heavy atom. The summed E-state index contributed by atoms with van der Waals surface area (Å²) in [4.78, 5) is 25.4. The molecule has 1 amide bonds. The van der Waals surface area contributed by atoms with E-state index in [2.05, 4.69) is 0 Å². The number of hydrogen-bond acceptors (Lipinski definition) is 4. The Hall–Kier alpha value is -2.60. The van der Waals surface area contributed by atoms with Crippen molar-refractivity contribution >= 4 is 11.9 Å². The van der Waals surface area contributed by atoms with E-state index >= 15 is 0 Å². The summed E-state index contributed by atoms with van der Waals surface area (Å²) >= 11 is 0. The summed E-state index contributed by atoms with van der Waals surface area (Å²) in [5.41, 5.74) is 0.962. The molecule has 0 aliphatic carbocycles. The third-order valence-corrected chi connectivity index (χ3v) is 4.01. The maximum absolute atomic E-state index is 12.8. The number of carboxylic acids is 1. The van der Waals surface area contributed by atoms with Crippen LogP contribution in [-0.2, 0) is 11.3 Å². The van der Waals surface area contributed by atoms with Crippen molar-refractivity contribution in [2.24, 2.45) is 0 Å². The fourth-order valence-corrected chi connectivity index (χ4v) is 2.77. The summed E-state index contributed by atoms with van der Waals surface area (Å²) in [6.07, 6.45) is 2.99. The molecule has 1 unspecified atom stereocenters. The Morgan fingerprint density at radius 1 is 1.25 bits per heavy atom. The molecule has 1 N–H and O–H groups in total. The number of carboxylic acid groups (broad SMARTS) is 1. The lowest BCUT2D eigenvalue weighted by atomic mass is 10.1. The van der Waals surface area contributed by atoms with Crippen LogP contribution in [0, 0.1) is 0 Å². The number of rotatable bonds is 6. The first kappa shape index (κ1) is 16.3. The number of aromatic carboxylic acids is 1. The number of furan rings is 1. The molecule has 1 aromatic carbocycles. The van der Waals surface area contributed by atoms with E-state index < -0.39 is 5.97 Å². The molecule has 2 aromatic rings. The largest absolute Gasteiger partial charge is 0.478 e. The second-order valence-corrected chi connectivity index (χ2v) is 5.81. The maximum atomic E-state index is 12.8. The Morgan fingerprint density at radius 2 is 2.04 bits per heavy atom. The molecule has 0 radical (unpaired) electrons. The van der Waals surface area contributed by atoms with Crippen LogP contribution in [0.5, 0.6) is 0 Å². The van der Waals surface area contributed by atoms with E-state index in [1.54, 1.807) is 4.90 Å². The Balaban J connectivity index is 1.78. The van der Waals surface area contributed by atoms with E-state index in [1.165, 1.54) is 6.07 Å². The van der Waals surface area contributed by atoms with Crippen molar-refractivity contribution in [2.45, 2.75) is 25.5 Å². The van der Waals surface area contributed by atoms with Gasteiger partial charge in [0.2, 0.25) is 0 Å². The minimum atomic E-state index is -1.12. The van der Waals surface area contributed by atoms with Gasteiger partial charge in [-0.25, -0.2) is 4.79 Å². The first-order chi connectivity index (χ1) is 11.6. The molecule has 0 bridgehead atoms. The van der Waals surface area contributed by atoms with Gasteiger partial charge in [0.15, 0.2) is 5.76 Å². The van der Waals surface area contributed by atoms with E-state index in [9.17, 15) is 9.59 Å². The lowest BCUT2D eigenvalue weighted by Crippen LogP contribution is -2.36. The second-order valence-electron chi connectivity index (χ2n) is 5.81. The Labute approximate surface area is 139 Å². The fourth-order valence-electron chi connectivity index (χ4n) is 2.77. The van der Waals surface area contributed by atoms with Gasteiger partial charge in [0.1, 0.15) is 6.26 Å². The third-order valence-electron chi connectivity index (χ3n) is 4.01. The van der Waals surface area contributed by atoms with Crippen LogP contribution in [-0.4, -0.2) is 41.1 Å². The van der Waals surface area contributed by atoms with Gasteiger partial charge in [0.05, 0.1) is 11.7 Å². The van der Waals surface area contributed by atoms with Crippen molar-refractivity contribution in [1.82, 2.24) is 4.90 Å². The summed E-state index contributed by atoms with van der Waals surface area (Å²) in [6.45, 7) is 1.58. The van der Waals surface area contributed by atoms with Crippen LogP contribution in [0.25, 0.3) is 0 Å². The zero-order valence-corrected chi connectivity index (χ0v) is 13.2. The SMILES string of the molecule is O=C(O)c1coc(C(=O)N(Cc2ccccc2)CC2CCCO2)c1. The quantitative estimate of drug-likeness (QED) is 0.881. The lowest BCUT2D eigenvalue weighted by Gasteiger charge is -2.24. The van der Waals surface area contributed by atoms with Crippen molar-refractivity contribution < 1.29 is 23.8 Å². The van der Waals surface area contributed by atoms with Crippen LogP contribution >= 0.6 is 0 Å². The minimum Gasteiger partial charge on any atom is -0.478 e. The number of carbonyl (C=O) groups excluding carboxylic acids is 1. The molecule has 24 heavy (non-hydrogen) atoms. The van der Waals surface area contributed by atoms with Crippen molar-refractivity contribution in [1.29, 1.82) is 0 Å². The highest BCUT2D eigenvalue weighted by molar-refractivity contribution is 5.95. The summed E-state index contributed by atoms with van der Waals surface area (Å²) in [6, 6.07) is 10.9. The molecule has 6 heteroatoms. The summed E-state index contributed by atoms with van der Waals surface area (Å²) in [7, 11) is 0. The highest BCUT2D eigenvalue weighted by Gasteiger charge is 2.26. The summed E-state index contributed by atoms with van der Waals surface area (Å²) < 4.78 is 10.8. The standard InChI is InChI=1S/C18H19NO5/c20-17(16-9-14(12-24-16)18(21)22)19(11-15-7-4-8-23-15)10-13-5-2-1-3-6-13/h1-3,5-6,9,12,15H,4,7-8,10-11H2,(H,21,22). The van der Waals surface area contributed by atoms with Crippen molar-refractivity contribution in [2.75, 3.05) is 13.2 Å². The van der Waals surface area contributed by atoms with Gasteiger partial charge in [0.25, 0.3) is 5.91 Å². The lowest BCUT2D eigenvalue weighted by molar-refractivity contribution is 0.0484. The van der Waals surface area contributed by atoms with Crippen molar-refractivity contribution in [3.8, 4) is 0 Å². The highest BCUT2D eigenvalue weighted by atomic mass is 16.5. The molecule has 1 saturated heterocycles. The van der Waals surface area contributed by atoms with E-state index in [0.717, 1.165) is 24.7 Å². The van der Waals surface area contributed by atoms with Gasteiger partial charge < -0.3 is 19.2 Å². The second kappa shape index (κ2) is 7.31. The van der Waals surface area contributed by atoms with Gasteiger partial charge in [-0.15, -0.1) is 0 Å². The molecule has 1 atom stereocenters. The molecule has 0 spiro atoms. The molecule has 1 aromatic heterocycles. The maximum Gasteiger partial charge on any atom is 0.338 e. The molecule has 6 nitrogen and oxygen atoms in total. The third kappa shape index (κ3) is 3.83. The van der Waals surface area contributed by atoms with Gasteiger partial charge in [-0.3, -0.25) is 4.79 Å². The van der Waals surface area contributed by atoms with Crippen LogP contribution in [0.2, 0.25) is 0 Å². The van der Waals surface area contributed by atoms with Crippen LogP contribution in [0.15, 0.2) is 47.1 Å². The number of benzene rings is 1. The summed E-state index contributed by atoms with van der Waals surface area (Å²) in [5, 5.41) is 8.98. The Kier molecular flexibility index (Phi) is 4.96. The molecule has 126 valence electrons. The molecule has 1 aliphatic heterocycles. The number of nitrogens with zero attached hydrogens (tertiary/aromatic N) is 1. The molecule has 1 fully saturated rings. The first-order valence-corrected chi connectivity index (χ1v) is 7.90. The highest BCUT2D eigenvalue weighted by Crippen LogP contribution is 2.18. The average molecular weight is 329 g/mol. The molecular weight excluding hydrogens is 310 g/mol. The molecule has 0 saturated carbocycles. The van der Waals surface area contributed by atoms with Gasteiger partial charge in [-0.1, -0.05) is 30.3 Å². The predicted molar refractivity (Wildman–Crippen MR) is 85.8 cm³/mol. The van der Waals surface area contributed by atoms with E-state index in [-0.39, 0.29) is 23.3 Å². The van der Waals surface area contributed by atoms with Crippen LogP contribution in [0.1, 0.15) is 39.3 Å². The molecule has 1 aliphatic rings. The monoisotopic (exact) mass is 329 g/mol. The van der Waals surface area contributed by atoms with Gasteiger partial charge in [-0.05, 0) is 18.4 Å². The van der Waals surface area contributed by atoms with Crippen LogP contribution in [0.4, 0.5) is 0 Å². The van der Waals surface area contributed by atoms with E-state index in [4.69, 9.17) is 14.3 Å². The molecule has 2 heterocycles. The van der Waals surface area contributed by atoms with Crippen LogP contribution in [0.3, 0.4) is 0 Å². The average Bonchev–Trinajstić information content (AvgIpc) is 3.26. The zero-order valence-electron chi connectivity index (χ0n) is 13.2. The van der Waals surface area contributed by atoms with Crippen molar-refractivity contribution in [3.05, 3.63) is 59.5 Å². The molecule has 3 rings (SSSR count). The number of carbonyl (C=O) groups is 2. The van der Waals surface area contributed by atoms with Crippen LogP contribution < -0.4 is 0 Å². The molecular formula is C18H19NO5. The summed E-state index contributed by atoms with van der Waals surface area (Å²) in [5.74, 6) is -1.42. The van der Waals surface area contributed by atoms with E-state index in [1.807, 2.05) is 30.3 Å². The fraction of sp³-hybridized carbons (Fsp3) is 0.333. The van der Waals surface area contributed by atoms with E-state index in [0.29, 0.717) is 19.7 Å². The van der Waals surface area contributed by atoms with Gasteiger partial charge in [-0.2, -0.15) is 0 Å². The number of amides is 1. The smallest absolute Gasteiger partial charge is 0.338 e. The topological polar surface area (TPSA) is 80.0 Å². The van der Waals surface area contributed by atoms with Gasteiger partial charge >= 0.3 is 5.97 Å². The van der Waals surface area contributed by atoms with Crippen molar-refractivity contribution in [3.63, 3.8) is 0 Å². The minimum absolute atomic E-state index is 0.00608. The number of hydrogen-bond donors (Lipinski definition) is 1. The predicted octanol–water partition coefficient (Wildman–Crippen LogP) is 2.80.